The highest BCUT2D eigenvalue weighted by Crippen LogP contribution is 2.27. The molecule has 2 aromatic carbocycles. The highest BCUT2D eigenvalue weighted by atomic mass is 16.5. The normalized spacial score (nSPS) is 21.9. The fourth-order valence-corrected chi connectivity index (χ4v) is 3.98. The number of nitrogens with zero attached hydrogens (tertiary/aromatic N) is 1. The van der Waals surface area contributed by atoms with Crippen molar-refractivity contribution in [1.29, 1.82) is 0 Å². The minimum absolute atomic E-state index is 0.0693. The van der Waals surface area contributed by atoms with Gasteiger partial charge in [0.25, 0.3) is 5.91 Å². The van der Waals surface area contributed by atoms with E-state index in [9.17, 15) is 9.59 Å². The number of ether oxygens (including phenoxy) is 2. The number of fused-ring (bicyclic) bond motifs is 1. The minimum atomic E-state index is -0.647. The van der Waals surface area contributed by atoms with Crippen LogP contribution < -0.4 is 0 Å². The number of ketones is 1. The van der Waals surface area contributed by atoms with Crippen LogP contribution >= 0.6 is 0 Å². The van der Waals surface area contributed by atoms with Gasteiger partial charge in [0.05, 0.1) is 12.7 Å². The third-order valence-electron chi connectivity index (χ3n) is 5.24. The van der Waals surface area contributed by atoms with Crippen molar-refractivity contribution in [3.8, 4) is 0 Å². The summed E-state index contributed by atoms with van der Waals surface area (Å²) in [6.07, 6.45) is 2.27. The molecule has 0 spiro atoms. The lowest BCUT2D eigenvalue weighted by Gasteiger charge is -2.36. The van der Waals surface area contributed by atoms with Crippen LogP contribution in [0.15, 0.2) is 54.3 Å². The molecule has 1 atom stereocenters. The Morgan fingerprint density at radius 1 is 1.18 bits per heavy atom. The Hall–Kier alpha value is -2.66. The summed E-state index contributed by atoms with van der Waals surface area (Å²) in [5.41, 5.74) is 0.563. The summed E-state index contributed by atoms with van der Waals surface area (Å²) >= 11 is 0. The molecule has 2 aliphatic heterocycles. The van der Waals surface area contributed by atoms with Crippen molar-refractivity contribution < 1.29 is 19.1 Å². The molecule has 0 saturated carbocycles. The van der Waals surface area contributed by atoms with Crippen molar-refractivity contribution in [3.05, 3.63) is 59.9 Å². The predicted octanol–water partition coefficient (Wildman–Crippen LogP) is 3.26. The van der Waals surface area contributed by atoms with Crippen LogP contribution in [-0.4, -0.2) is 48.0 Å². The zero-order valence-corrected chi connectivity index (χ0v) is 16.3. The first kappa shape index (κ1) is 18.7. The second kappa shape index (κ2) is 7.40. The Morgan fingerprint density at radius 3 is 2.79 bits per heavy atom. The molecular weight excluding hydrogens is 354 g/mol. The van der Waals surface area contributed by atoms with Crippen LogP contribution in [0.25, 0.3) is 10.8 Å². The molecule has 0 aliphatic carbocycles. The molecule has 1 fully saturated rings. The van der Waals surface area contributed by atoms with E-state index in [1.807, 2.05) is 26.0 Å². The molecular formula is C23H25NO4. The van der Waals surface area contributed by atoms with Crippen LogP contribution in [0.4, 0.5) is 0 Å². The largest absolute Gasteiger partial charge is 0.481 e. The van der Waals surface area contributed by atoms with Gasteiger partial charge in [-0.15, -0.1) is 0 Å². The Kier molecular flexibility index (Phi) is 4.94. The summed E-state index contributed by atoms with van der Waals surface area (Å²) in [5.74, 6) is -0.153. The fraction of sp³-hybridized carbons (Fsp3) is 0.391. The van der Waals surface area contributed by atoms with Crippen LogP contribution in [0.1, 0.15) is 25.8 Å². The van der Waals surface area contributed by atoms with Crippen LogP contribution in [0, 0.1) is 0 Å². The maximum Gasteiger partial charge on any atom is 0.289 e. The third-order valence-corrected chi connectivity index (χ3v) is 5.24. The molecule has 5 heteroatoms. The molecule has 146 valence electrons. The standard InChI is InChI=1S/C23H25NO4/c1-23(2)14-18(25)13-21(28-23)22(26)24-10-11-27-19(15-24)12-17-8-5-7-16-6-3-4-9-20(16)17/h3-9,13,19H,10-12,14-15H2,1-2H3/t19-/m1/s1. The van der Waals surface area contributed by atoms with Crippen molar-refractivity contribution in [3.63, 3.8) is 0 Å². The summed E-state index contributed by atoms with van der Waals surface area (Å²) in [7, 11) is 0. The smallest absolute Gasteiger partial charge is 0.289 e. The maximum absolute atomic E-state index is 12.9. The second-order valence-electron chi connectivity index (χ2n) is 8.10. The van der Waals surface area contributed by atoms with Crippen LogP contribution in [0.2, 0.25) is 0 Å². The van der Waals surface area contributed by atoms with E-state index in [1.54, 1.807) is 4.90 Å². The summed E-state index contributed by atoms with van der Waals surface area (Å²) in [5, 5.41) is 2.41. The van der Waals surface area contributed by atoms with Crippen molar-refractivity contribution in [2.24, 2.45) is 0 Å². The molecule has 0 radical (unpaired) electrons. The molecule has 2 aromatic rings. The first-order valence-corrected chi connectivity index (χ1v) is 9.72. The van der Waals surface area contributed by atoms with Gasteiger partial charge in [-0.3, -0.25) is 9.59 Å². The number of carbonyl (C=O) groups excluding carboxylic acids is 2. The molecule has 1 amide bonds. The summed E-state index contributed by atoms with van der Waals surface area (Å²) in [6, 6.07) is 14.5. The van der Waals surface area contributed by atoms with Crippen LogP contribution in [-0.2, 0) is 25.5 Å². The first-order chi connectivity index (χ1) is 13.4. The van der Waals surface area contributed by atoms with E-state index >= 15 is 0 Å². The van der Waals surface area contributed by atoms with Gasteiger partial charge in [-0.2, -0.15) is 0 Å². The molecule has 28 heavy (non-hydrogen) atoms. The second-order valence-corrected chi connectivity index (χ2v) is 8.10. The molecule has 2 heterocycles. The lowest BCUT2D eigenvalue weighted by Crippen LogP contribution is -2.48. The number of benzene rings is 2. The van der Waals surface area contributed by atoms with Gasteiger partial charge in [0.2, 0.25) is 0 Å². The topological polar surface area (TPSA) is 55.8 Å². The van der Waals surface area contributed by atoms with Crippen molar-refractivity contribution in [2.75, 3.05) is 19.7 Å². The van der Waals surface area contributed by atoms with Gasteiger partial charge < -0.3 is 14.4 Å². The Morgan fingerprint density at radius 2 is 1.96 bits per heavy atom. The monoisotopic (exact) mass is 379 g/mol. The van der Waals surface area contributed by atoms with Crippen LogP contribution in [0.5, 0.6) is 0 Å². The van der Waals surface area contributed by atoms with E-state index in [4.69, 9.17) is 9.47 Å². The van der Waals surface area contributed by atoms with Gasteiger partial charge in [0, 0.05) is 32.0 Å². The zero-order valence-electron chi connectivity index (χ0n) is 16.3. The quantitative estimate of drug-likeness (QED) is 0.821. The third kappa shape index (κ3) is 3.94. The molecule has 5 nitrogen and oxygen atoms in total. The van der Waals surface area contributed by atoms with E-state index in [2.05, 4.69) is 30.3 Å². The number of hydrogen-bond donors (Lipinski definition) is 0. The predicted molar refractivity (Wildman–Crippen MR) is 107 cm³/mol. The van der Waals surface area contributed by atoms with Crippen molar-refractivity contribution in [2.45, 2.75) is 38.4 Å². The minimum Gasteiger partial charge on any atom is -0.481 e. The number of allylic oxidation sites excluding steroid dienone is 1. The van der Waals surface area contributed by atoms with E-state index in [1.165, 1.54) is 22.4 Å². The molecule has 2 aliphatic rings. The van der Waals surface area contributed by atoms with Gasteiger partial charge in [-0.1, -0.05) is 42.5 Å². The summed E-state index contributed by atoms with van der Waals surface area (Å²) < 4.78 is 11.7. The van der Waals surface area contributed by atoms with E-state index in [0.29, 0.717) is 19.7 Å². The van der Waals surface area contributed by atoms with Crippen LogP contribution in [0.3, 0.4) is 0 Å². The van der Waals surface area contributed by atoms with E-state index < -0.39 is 5.60 Å². The number of amides is 1. The fourth-order valence-electron chi connectivity index (χ4n) is 3.98. The number of rotatable bonds is 3. The lowest BCUT2D eigenvalue weighted by molar-refractivity contribution is -0.144. The van der Waals surface area contributed by atoms with Gasteiger partial charge in [0.15, 0.2) is 11.5 Å². The summed E-state index contributed by atoms with van der Waals surface area (Å²) in [4.78, 5) is 26.6. The van der Waals surface area contributed by atoms with Crippen molar-refractivity contribution in [1.82, 2.24) is 4.90 Å². The average molecular weight is 379 g/mol. The van der Waals surface area contributed by atoms with Gasteiger partial charge in [0.1, 0.15) is 5.60 Å². The Labute approximate surface area is 164 Å². The SMILES string of the molecule is CC1(C)CC(=O)C=C(C(=O)N2CCO[C@H](Cc3cccc4ccccc34)C2)O1. The molecule has 4 rings (SSSR count). The average Bonchev–Trinajstić information content (AvgIpc) is 2.66. The number of carbonyl (C=O) groups is 2. The molecule has 0 N–H and O–H groups in total. The highest BCUT2D eigenvalue weighted by molar-refractivity contribution is 6.01. The van der Waals surface area contributed by atoms with Gasteiger partial charge in [-0.05, 0) is 30.2 Å². The van der Waals surface area contributed by atoms with Gasteiger partial charge >= 0.3 is 0 Å². The first-order valence-electron chi connectivity index (χ1n) is 9.72. The van der Waals surface area contributed by atoms with E-state index in [0.717, 1.165) is 6.42 Å². The number of hydrogen-bond acceptors (Lipinski definition) is 4. The zero-order chi connectivity index (χ0) is 19.7. The Balaban J connectivity index is 1.49. The van der Waals surface area contributed by atoms with E-state index in [-0.39, 0.29) is 30.0 Å². The Bertz CT molecular complexity index is 941. The maximum atomic E-state index is 12.9. The lowest BCUT2D eigenvalue weighted by atomic mass is 9.98. The van der Waals surface area contributed by atoms with Crippen molar-refractivity contribution >= 4 is 22.5 Å². The summed E-state index contributed by atoms with van der Waals surface area (Å²) in [6.45, 7) is 5.12. The molecule has 0 aromatic heterocycles. The number of morpholine rings is 1. The molecule has 0 unspecified atom stereocenters. The molecule has 0 bridgehead atoms. The van der Waals surface area contributed by atoms with Gasteiger partial charge in [-0.25, -0.2) is 0 Å². The highest BCUT2D eigenvalue weighted by Gasteiger charge is 2.35. The molecule has 1 saturated heterocycles.